The van der Waals surface area contributed by atoms with Crippen molar-refractivity contribution in [1.29, 1.82) is 0 Å². The Morgan fingerprint density at radius 3 is 2.52 bits per heavy atom. The third kappa shape index (κ3) is 4.55. The molecule has 8 heteroatoms. The fraction of sp³-hybridized carbons (Fsp3) is 0.235. The first-order valence-corrected chi connectivity index (χ1v) is 10.1. The predicted octanol–water partition coefficient (Wildman–Crippen LogP) is 2.42. The topological polar surface area (TPSA) is 75.7 Å². The van der Waals surface area contributed by atoms with E-state index in [4.69, 9.17) is 4.74 Å². The van der Waals surface area contributed by atoms with E-state index in [0.717, 1.165) is 4.88 Å². The molecule has 6 nitrogen and oxygen atoms in total. The zero-order valence-corrected chi connectivity index (χ0v) is 15.1. The summed E-state index contributed by atoms with van der Waals surface area (Å²) in [5, 5.41) is 4.65. The first-order valence-electron chi connectivity index (χ1n) is 7.76. The van der Waals surface area contributed by atoms with E-state index in [1.54, 1.807) is 29.5 Å². The number of thiophene rings is 1. The molecule has 0 radical (unpaired) electrons. The minimum atomic E-state index is -3.52. The summed E-state index contributed by atoms with van der Waals surface area (Å²) in [5.74, 6) is -0.266. The number of nitrogens with zero attached hydrogens (tertiary/aromatic N) is 1. The van der Waals surface area contributed by atoms with Crippen molar-refractivity contribution in [2.75, 3.05) is 31.6 Å². The van der Waals surface area contributed by atoms with Gasteiger partial charge in [0.25, 0.3) is 0 Å². The Hall–Kier alpha value is -2.00. The molecule has 1 fully saturated rings. The van der Waals surface area contributed by atoms with Crippen LogP contribution in [-0.2, 0) is 19.6 Å². The highest BCUT2D eigenvalue weighted by atomic mass is 32.2. The number of benzene rings is 1. The van der Waals surface area contributed by atoms with Crippen molar-refractivity contribution in [1.82, 2.24) is 4.31 Å². The van der Waals surface area contributed by atoms with Gasteiger partial charge in [-0.25, -0.2) is 8.42 Å². The van der Waals surface area contributed by atoms with Crippen LogP contribution in [0.15, 0.2) is 52.7 Å². The van der Waals surface area contributed by atoms with Gasteiger partial charge < -0.3 is 10.1 Å². The summed E-state index contributed by atoms with van der Waals surface area (Å²) in [7, 11) is -3.52. The Balaban J connectivity index is 1.64. The highest BCUT2D eigenvalue weighted by Crippen LogP contribution is 2.19. The molecule has 2 aromatic rings. The van der Waals surface area contributed by atoms with Crippen LogP contribution in [0, 0.1) is 0 Å². The number of morpholine rings is 1. The molecule has 1 aromatic carbocycles. The second kappa shape index (κ2) is 7.92. The number of carbonyl (C=O) groups excluding carboxylic acids is 1. The van der Waals surface area contributed by atoms with Crippen LogP contribution in [0.2, 0.25) is 0 Å². The monoisotopic (exact) mass is 378 g/mol. The van der Waals surface area contributed by atoms with Gasteiger partial charge in [0.1, 0.15) is 0 Å². The second-order valence-corrected chi connectivity index (χ2v) is 8.30. The van der Waals surface area contributed by atoms with Gasteiger partial charge in [-0.2, -0.15) is 4.31 Å². The molecule has 0 saturated carbocycles. The fourth-order valence-electron chi connectivity index (χ4n) is 2.37. The summed E-state index contributed by atoms with van der Waals surface area (Å²) in [6.45, 7) is 1.52. The lowest BCUT2D eigenvalue weighted by atomic mass is 10.3. The van der Waals surface area contributed by atoms with Crippen LogP contribution in [0.3, 0.4) is 0 Å². The third-order valence-corrected chi connectivity index (χ3v) is 6.42. The molecular weight excluding hydrogens is 360 g/mol. The summed E-state index contributed by atoms with van der Waals surface area (Å²) in [4.78, 5) is 13.1. The van der Waals surface area contributed by atoms with E-state index >= 15 is 0 Å². The lowest BCUT2D eigenvalue weighted by Crippen LogP contribution is -2.40. The van der Waals surface area contributed by atoms with Gasteiger partial charge in [-0.05, 0) is 41.8 Å². The molecule has 0 unspecified atom stereocenters. The van der Waals surface area contributed by atoms with Crippen molar-refractivity contribution in [2.24, 2.45) is 0 Å². The summed E-state index contributed by atoms with van der Waals surface area (Å²) < 4.78 is 31.6. The molecule has 1 amide bonds. The number of rotatable bonds is 5. The molecule has 0 aliphatic carbocycles. The van der Waals surface area contributed by atoms with Crippen LogP contribution in [0.5, 0.6) is 0 Å². The van der Waals surface area contributed by atoms with E-state index in [1.807, 2.05) is 17.5 Å². The molecule has 1 aliphatic heterocycles. The quantitative estimate of drug-likeness (QED) is 0.811. The van der Waals surface area contributed by atoms with E-state index in [9.17, 15) is 13.2 Å². The maximum absolute atomic E-state index is 12.5. The van der Waals surface area contributed by atoms with E-state index < -0.39 is 10.0 Å². The fourth-order valence-corrected chi connectivity index (χ4v) is 4.40. The Bertz CT molecular complexity index is 837. The van der Waals surface area contributed by atoms with Crippen LogP contribution >= 0.6 is 11.3 Å². The van der Waals surface area contributed by atoms with Crippen LogP contribution < -0.4 is 5.32 Å². The summed E-state index contributed by atoms with van der Waals surface area (Å²) >= 11 is 1.54. The van der Waals surface area contributed by atoms with E-state index in [-0.39, 0.29) is 10.8 Å². The number of hydrogen-bond acceptors (Lipinski definition) is 5. The van der Waals surface area contributed by atoms with Gasteiger partial charge in [0.2, 0.25) is 15.9 Å². The third-order valence-electron chi connectivity index (χ3n) is 3.67. The van der Waals surface area contributed by atoms with Crippen molar-refractivity contribution < 1.29 is 17.9 Å². The Morgan fingerprint density at radius 1 is 1.16 bits per heavy atom. The van der Waals surface area contributed by atoms with Gasteiger partial charge in [0, 0.05) is 29.7 Å². The first-order chi connectivity index (χ1) is 12.1. The Kier molecular flexibility index (Phi) is 5.64. The SMILES string of the molecule is O=C(C=Cc1cccs1)Nc1ccc(S(=O)(=O)N2CCOCC2)cc1. The highest BCUT2D eigenvalue weighted by Gasteiger charge is 2.26. The lowest BCUT2D eigenvalue weighted by molar-refractivity contribution is -0.111. The van der Waals surface area contributed by atoms with Crippen molar-refractivity contribution >= 4 is 39.0 Å². The number of hydrogen-bond donors (Lipinski definition) is 1. The van der Waals surface area contributed by atoms with Crippen LogP contribution in [-0.4, -0.2) is 44.9 Å². The lowest BCUT2D eigenvalue weighted by Gasteiger charge is -2.26. The van der Waals surface area contributed by atoms with Gasteiger partial charge >= 0.3 is 0 Å². The molecule has 0 spiro atoms. The van der Waals surface area contributed by atoms with E-state index in [2.05, 4.69) is 5.32 Å². The smallest absolute Gasteiger partial charge is 0.248 e. The normalized spacial score (nSPS) is 16.2. The number of anilines is 1. The van der Waals surface area contributed by atoms with Gasteiger partial charge in [-0.1, -0.05) is 6.07 Å². The number of nitrogens with one attached hydrogen (secondary N) is 1. The standard InChI is InChI=1S/C17H18N2O4S2/c20-17(8-5-15-2-1-13-24-15)18-14-3-6-16(7-4-14)25(21,22)19-9-11-23-12-10-19/h1-8,13H,9-12H2,(H,18,20). The van der Waals surface area contributed by atoms with Crippen molar-refractivity contribution in [3.05, 3.63) is 52.7 Å². The number of ether oxygens (including phenoxy) is 1. The number of sulfonamides is 1. The number of amides is 1. The molecule has 2 heterocycles. The Morgan fingerprint density at radius 2 is 1.88 bits per heavy atom. The maximum Gasteiger partial charge on any atom is 0.248 e. The van der Waals surface area contributed by atoms with E-state index in [0.29, 0.717) is 32.0 Å². The number of carbonyl (C=O) groups is 1. The average Bonchev–Trinajstić information content (AvgIpc) is 3.15. The van der Waals surface area contributed by atoms with Crippen molar-refractivity contribution in [2.45, 2.75) is 4.90 Å². The van der Waals surface area contributed by atoms with Crippen molar-refractivity contribution in [3.63, 3.8) is 0 Å². The van der Waals surface area contributed by atoms with Crippen molar-refractivity contribution in [3.8, 4) is 0 Å². The summed E-state index contributed by atoms with van der Waals surface area (Å²) in [5.41, 5.74) is 0.543. The molecule has 1 saturated heterocycles. The van der Waals surface area contributed by atoms with Gasteiger partial charge in [0.15, 0.2) is 0 Å². The molecule has 132 valence electrons. The Labute approximate surface area is 150 Å². The predicted molar refractivity (Wildman–Crippen MR) is 98.0 cm³/mol. The van der Waals surface area contributed by atoms with Gasteiger partial charge in [-0.3, -0.25) is 4.79 Å². The summed E-state index contributed by atoms with van der Waals surface area (Å²) in [6, 6.07) is 10.0. The highest BCUT2D eigenvalue weighted by molar-refractivity contribution is 7.89. The molecular formula is C17H18N2O4S2. The molecule has 0 atom stereocenters. The largest absolute Gasteiger partial charge is 0.379 e. The maximum atomic E-state index is 12.5. The average molecular weight is 378 g/mol. The van der Waals surface area contributed by atoms with Crippen LogP contribution in [0.25, 0.3) is 6.08 Å². The zero-order valence-electron chi connectivity index (χ0n) is 13.4. The van der Waals surface area contributed by atoms with Gasteiger partial charge in [-0.15, -0.1) is 11.3 Å². The molecule has 3 rings (SSSR count). The molecule has 0 bridgehead atoms. The minimum absolute atomic E-state index is 0.210. The first kappa shape index (κ1) is 17.8. The molecule has 1 N–H and O–H groups in total. The van der Waals surface area contributed by atoms with Gasteiger partial charge in [0.05, 0.1) is 18.1 Å². The second-order valence-electron chi connectivity index (χ2n) is 5.38. The van der Waals surface area contributed by atoms with E-state index in [1.165, 1.54) is 22.5 Å². The van der Waals surface area contributed by atoms with Crippen LogP contribution in [0.1, 0.15) is 4.88 Å². The summed E-state index contributed by atoms with van der Waals surface area (Å²) in [6.07, 6.45) is 3.18. The van der Waals surface area contributed by atoms with Crippen LogP contribution in [0.4, 0.5) is 5.69 Å². The zero-order chi connectivity index (χ0) is 17.7. The molecule has 1 aliphatic rings. The molecule has 1 aromatic heterocycles. The molecule has 25 heavy (non-hydrogen) atoms. The minimum Gasteiger partial charge on any atom is -0.379 e.